The predicted octanol–water partition coefficient (Wildman–Crippen LogP) is 1.96. The summed E-state index contributed by atoms with van der Waals surface area (Å²) in [6.07, 6.45) is 0. The van der Waals surface area contributed by atoms with Crippen LogP contribution in [0.5, 0.6) is 5.75 Å². The molecule has 3 N–H and O–H groups in total. The fourth-order valence-electron chi connectivity index (χ4n) is 1.66. The molecule has 0 bridgehead atoms. The summed E-state index contributed by atoms with van der Waals surface area (Å²) in [5.74, 6) is -0.116. The lowest BCUT2D eigenvalue weighted by Crippen LogP contribution is -2.15. The van der Waals surface area contributed by atoms with Crippen LogP contribution in [0, 0.1) is 5.82 Å². The topological polar surface area (TPSA) is 81.4 Å². The molecule has 0 spiro atoms. The van der Waals surface area contributed by atoms with Gasteiger partial charge in [-0.05, 0) is 36.4 Å². The number of nitrogens with one attached hydrogen (secondary N) is 1. The Morgan fingerprint density at radius 2 is 1.76 bits per heavy atom. The Bertz CT molecular complexity index is 702. The zero-order chi connectivity index (χ0) is 15.3. The van der Waals surface area contributed by atoms with Gasteiger partial charge in [-0.2, -0.15) is 0 Å². The highest BCUT2D eigenvalue weighted by Gasteiger charge is 2.16. The van der Waals surface area contributed by atoms with Crippen LogP contribution in [0.2, 0.25) is 0 Å². The molecule has 0 saturated heterocycles. The molecule has 0 saturated carbocycles. The molecule has 0 aliphatic rings. The van der Waals surface area contributed by atoms with Crippen molar-refractivity contribution in [1.29, 1.82) is 0 Å². The summed E-state index contributed by atoms with van der Waals surface area (Å²) in [5, 5.41) is 0. The third-order valence-electron chi connectivity index (χ3n) is 2.63. The number of nitrogens with two attached hydrogens (primary N) is 1. The molecule has 2 aromatic carbocycles. The smallest absolute Gasteiger partial charge is 0.262 e. The van der Waals surface area contributed by atoms with Gasteiger partial charge in [-0.3, -0.25) is 4.72 Å². The van der Waals surface area contributed by atoms with E-state index in [4.69, 9.17) is 10.5 Å². The molecule has 2 aromatic rings. The molecule has 21 heavy (non-hydrogen) atoms. The Morgan fingerprint density at radius 1 is 1.10 bits per heavy atom. The summed E-state index contributed by atoms with van der Waals surface area (Å²) in [6, 6.07) is 11.2. The normalized spacial score (nSPS) is 11.1. The maximum atomic E-state index is 12.9. The van der Waals surface area contributed by atoms with Crippen LogP contribution in [0.15, 0.2) is 53.4 Å². The van der Waals surface area contributed by atoms with E-state index in [-0.39, 0.29) is 11.5 Å². The second-order valence-electron chi connectivity index (χ2n) is 4.19. The second kappa shape index (κ2) is 6.55. The van der Waals surface area contributed by atoms with Crippen molar-refractivity contribution < 1.29 is 17.5 Å². The van der Waals surface area contributed by atoms with E-state index in [0.717, 1.165) is 12.1 Å². The minimum absolute atomic E-state index is 0.0301. The average Bonchev–Trinajstić information content (AvgIpc) is 2.46. The number of rotatable bonds is 6. The highest BCUT2D eigenvalue weighted by molar-refractivity contribution is 7.92. The van der Waals surface area contributed by atoms with Crippen molar-refractivity contribution in [2.45, 2.75) is 4.90 Å². The first kappa shape index (κ1) is 15.3. The van der Waals surface area contributed by atoms with Gasteiger partial charge >= 0.3 is 0 Å². The second-order valence-corrected chi connectivity index (χ2v) is 5.88. The molecule has 2 rings (SSSR count). The summed E-state index contributed by atoms with van der Waals surface area (Å²) < 4.78 is 45.1. The van der Waals surface area contributed by atoms with E-state index in [2.05, 4.69) is 4.72 Å². The summed E-state index contributed by atoms with van der Waals surface area (Å²) >= 11 is 0. The van der Waals surface area contributed by atoms with Crippen LogP contribution < -0.4 is 15.2 Å². The number of anilines is 1. The van der Waals surface area contributed by atoms with E-state index in [1.54, 1.807) is 24.3 Å². The molecule has 0 aliphatic carbocycles. The van der Waals surface area contributed by atoms with Gasteiger partial charge in [0, 0.05) is 6.54 Å². The Hall–Kier alpha value is -2.12. The number of para-hydroxylation sites is 2. The first-order chi connectivity index (χ1) is 10.0. The molecule has 0 fully saturated rings. The average molecular weight is 310 g/mol. The van der Waals surface area contributed by atoms with Gasteiger partial charge in [0.25, 0.3) is 10.0 Å². The van der Waals surface area contributed by atoms with Crippen LogP contribution in [0.3, 0.4) is 0 Å². The lowest BCUT2D eigenvalue weighted by atomic mass is 10.3. The van der Waals surface area contributed by atoms with Gasteiger partial charge in [-0.25, -0.2) is 12.8 Å². The SMILES string of the molecule is NCCOc1ccccc1NS(=O)(=O)c1ccc(F)cc1. The molecule has 0 aliphatic heterocycles. The monoisotopic (exact) mass is 310 g/mol. The van der Waals surface area contributed by atoms with Gasteiger partial charge in [0.1, 0.15) is 18.2 Å². The van der Waals surface area contributed by atoms with Crippen molar-refractivity contribution in [1.82, 2.24) is 0 Å². The standard InChI is InChI=1S/C14H15FN2O3S/c15-11-5-7-12(8-6-11)21(18,19)17-13-3-1-2-4-14(13)20-10-9-16/h1-8,17H,9-10,16H2. The van der Waals surface area contributed by atoms with Gasteiger partial charge in [0.15, 0.2) is 0 Å². The molecule has 0 radical (unpaired) electrons. The van der Waals surface area contributed by atoms with E-state index >= 15 is 0 Å². The lowest BCUT2D eigenvalue weighted by molar-refractivity contribution is 0.330. The number of sulfonamides is 1. The van der Waals surface area contributed by atoms with Crippen molar-refractivity contribution >= 4 is 15.7 Å². The summed E-state index contributed by atoms with van der Waals surface area (Å²) in [7, 11) is -3.81. The van der Waals surface area contributed by atoms with Gasteiger partial charge in [-0.15, -0.1) is 0 Å². The maximum absolute atomic E-state index is 12.9. The molecule has 5 nitrogen and oxygen atoms in total. The molecular weight excluding hydrogens is 295 g/mol. The molecule has 0 atom stereocenters. The molecule has 0 aromatic heterocycles. The number of halogens is 1. The zero-order valence-corrected chi connectivity index (χ0v) is 11.9. The Balaban J connectivity index is 2.26. The summed E-state index contributed by atoms with van der Waals surface area (Å²) in [6.45, 7) is 0.592. The van der Waals surface area contributed by atoms with Crippen LogP contribution in [0.4, 0.5) is 10.1 Å². The lowest BCUT2D eigenvalue weighted by Gasteiger charge is -2.13. The van der Waals surface area contributed by atoms with E-state index in [1.165, 1.54) is 12.1 Å². The van der Waals surface area contributed by atoms with Crippen LogP contribution in [0.25, 0.3) is 0 Å². The minimum atomic E-state index is -3.81. The van der Waals surface area contributed by atoms with Crippen LogP contribution in [-0.2, 0) is 10.0 Å². The van der Waals surface area contributed by atoms with E-state index in [9.17, 15) is 12.8 Å². The molecule has 0 heterocycles. The van der Waals surface area contributed by atoms with Crippen molar-refractivity contribution in [3.05, 3.63) is 54.3 Å². The third kappa shape index (κ3) is 3.93. The number of ether oxygens (including phenoxy) is 1. The van der Waals surface area contributed by atoms with Crippen LogP contribution in [0.1, 0.15) is 0 Å². The number of hydrogen-bond donors (Lipinski definition) is 2. The third-order valence-corrected chi connectivity index (χ3v) is 4.01. The predicted molar refractivity (Wildman–Crippen MR) is 78.2 cm³/mol. The Labute approximate surface area is 122 Å². The first-order valence-electron chi connectivity index (χ1n) is 6.23. The number of benzene rings is 2. The van der Waals surface area contributed by atoms with Crippen molar-refractivity contribution in [3.8, 4) is 5.75 Å². The highest BCUT2D eigenvalue weighted by atomic mass is 32.2. The summed E-state index contributed by atoms with van der Waals surface area (Å²) in [5.41, 5.74) is 5.66. The quantitative estimate of drug-likeness (QED) is 0.854. The van der Waals surface area contributed by atoms with E-state index in [0.29, 0.717) is 18.0 Å². The fraction of sp³-hybridized carbons (Fsp3) is 0.143. The Morgan fingerprint density at radius 3 is 2.43 bits per heavy atom. The van der Waals surface area contributed by atoms with Crippen LogP contribution in [-0.4, -0.2) is 21.6 Å². The molecule has 7 heteroatoms. The Kier molecular flexibility index (Phi) is 4.77. The fourth-order valence-corrected chi connectivity index (χ4v) is 2.73. The van der Waals surface area contributed by atoms with Crippen LogP contribution >= 0.6 is 0 Å². The highest BCUT2D eigenvalue weighted by Crippen LogP contribution is 2.26. The van der Waals surface area contributed by atoms with E-state index in [1.807, 2.05) is 0 Å². The molecule has 0 amide bonds. The van der Waals surface area contributed by atoms with E-state index < -0.39 is 15.8 Å². The first-order valence-corrected chi connectivity index (χ1v) is 7.71. The summed E-state index contributed by atoms with van der Waals surface area (Å²) in [4.78, 5) is -0.0301. The molecule has 0 unspecified atom stereocenters. The van der Waals surface area contributed by atoms with Gasteiger partial charge in [0.05, 0.1) is 10.6 Å². The molecular formula is C14H15FN2O3S. The van der Waals surface area contributed by atoms with Gasteiger partial charge < -0.3 is 10.5 Å². The van der Waals surface area contributed by atoms with Crippen molar-refractivity contribution in [3.63, 3.8) is 0 Å². The van der Waals surface area contributed by atoms with Crippen molar-refractivity contribution in [2.75, 3.05) is 17.9 Å². The number of hydrogen-bond acceptors (Lipinski definition) is 4. The minimum Gasteiger partial charge on any atom is -0.490 e. The largest absolute Gasteiger partial charge is 0.490 e. The van der Waals surface area contributed by atoms with Crippen molar-refractivity contribution in [2.24, 2.45) is 5.73 Å². The zero-order valence-electron chi connectivity index (χ0n) is 11.1. The maximum Gasteiger partial charge on any atom is 0.262 e. The van der Waals surface area contributed by atoms with Gasteiger partial charge in [-0.1, -0.05) is 12.1 Å². The molecule has 112 valence electrons. The van der Waals surface area contributed by atoms with Gasteiger partial charge in [0.2, 0.25) is 0 Å².